The van der Waals surface area contributed by atoms with Gasteiger partial charge in [0.05, 0.1) is 5.41 Å². The predicted octanol–water partition coefficient (Wildman–Crippen LogP) is 14.2. The number of fused-ring (bicyclic) bond motifs is 12. The highest BCUT2D eigenvalue weighted by molar-refractivity contribution is 5.96. The van der Waals surface area contributed by atoms with Crippen molar-refractivity contribution < 1.29 is 4.74 Å². The van der Waals surface area contributed by atoms with Crippen molar-refractivity contribution in [1.82, 2.24) is 15.0 Å². The average molecular weight is 804 g/mol. The minimum absolute atomic E-state index is 0.387. The third kappa shape index (κ3) is 5.44. The zero-order valence-electron chi connectivity index (χ0n) is 34.2. The summed E-state index contributed by atoms with van der Waals surface area (Å²) in [7, 11) is 0. The van der Waals surface area contributed by atoms with Gasteiger partial charge in [0, 0.05) is 28.7 Å². The Balaban J connectivity index is 0.886. The number of ether oxygens (including phenoxy) is 1. The van der Waals surface area contributed by atoms with Crippen LogP contribution in [-0.2, 0) is 11.8 Å². The fourth-order valence-electron chi connectivity index (χ4n) is 10.5. The summed E-state index contributed by atoms with van der Waals surface area (Å²) in [5, 5.41) is 0. The Bertz CT molecular complexity index is 3350. The standard InChI is InChI=1S/C59H37N3O/c1-3-15-37(16-4-1)56-60-57(38-17-5-2-6-18-38)62-58(61-56)42-20-13-19-41(34-42)44-24-14-28-55-49(44)35-43-33-39(30-32-54(43)63-55)40-29-31-48-47-23-9-12-27-52(47)59(53(48)36-40)50-25-10-7-21-45(50)46-22-8-11-26-51(46)59/h1-34,36H,35H2. The molecule has 1 spiro atoms. The van der Waals surface area contributed by atoms with Crippen molar-refractivity contribution in [1.29, 1.82) is 0 Å². The van der Waals surface area contributed by atoms with E-state index in [1.165, 1.54) is 55.6 Å². The monoisotopic (exact) mass is 803 g/mol. The van der Waals surface area contributed by atoms with Crippen molar-refractivity contribution in [2.24, 2.45) is 0 Å². The third-order valence-electron chi connectivity index (χ3n) is 13.2. The molecule has 0 fully saturated rings. The molecule has 4 heteroatoms. The van der Waals surface area contributed by atoms with Gasteiger partial charge in [-0.25, -0.2) is 15.0 Å². The summed E-state index contributed by atoms with van der Waals surface area (Å²) in [4.78, 5) is 15.0. The molecule has 1 aliphatic heterocycles. The third-order valence-corrected chi connectivity index (χ3v) is 13.2. The van der Waals surface area contributed by atoms with Gasteiger partial charge in [0.2, 0.25) is 0 Å². The normalized spacial score (nSPS) is 13.3. The number of benzene rings is 9. The Kier molecular flexibility index (Phi) is 7.85. The van der Waals surface area contributed by atoms with Gasteiger partial charge in [-0.1, -0.05) is 182 Å². The van der Waals surface area contributed by atoms with Crippen LogP contribution in [0.2, 0.25) is 0 Å². The van der Waals surface area contributed by atoms with E-state index in [1.807, 2.05) is 60.7 Å². The molecular formula is C59H37N3O. The second kappa shape index (κ2) is 13.9. The van der Waals surface area contributed by atoms with Crippen LogP contribution in [-0.4, -0.2) is 15.0 Å². The molecule has 10 aromatic rings. The van der Waals surface area contributed by atoms with Gasteiger partial charge in [0.25, 0.3) is 0 Å². The quantitative estimate of drug-likeness (QED) is 0.174. The van der Waals surface area contributed by atoms with Crippen LogP contribution in [0.15, 0.2) is 212 Å². The lowest BCUT2D eigenvalue weighted by Gasteiger charge is -2.30. The summed E-state index contributed by atoms with van der Waals surface area (Å²) in [6, 6.07) is 75.9. The Hall–Kier alpha value is -8.21. The van der Waals surface area contributed by atoms with E-state index in [9.17, 15) is 0 Å². The van der Waals surface area contributed by atoms with Crippen molar-refractivity contribution in [3.8, 4) is 90.2 Å². The number of hydrogen-bond acceptors (Lipinski definition) is 4. The maximum atomic E-state index is 6.71. The molecule has 0 atom stereocenters. The van der Waals surface area contributed by atoms with Gasteiger partial charge >= 0.3 is 0 Å². The molecule has 0 bridgehead atoms. The highest BCUT2D eigenvalue weighted by Crippen LogP contribution is 2.63. The maximum absolute atomic E-state index is 6.71. The Labute approximate surface area is 365 Å². The molecule has 9 aromatic carbocycles. The molecule has 1 aromatic heterocycles. The van der Waals surface area contributed by atoms with E-state index in [2.05, 4.69) is 152 Å². The number of hydrogen-bond donors (Lipinski definition) is 0. The van der Waals surface area contributed by atoms with Gasteiger partial charge < -0.3 is 4.74 Å². The molecular weight excluding hydrogens is 767 g/mol. The van der Waals surface area contributed by atoms with Crippen molar-refractivity contribution in [3.05, 3.63) is 246 Å². The zero-order valence-corrected chi connectivity index (χ0v) is 34.2. The lowest BCUT2D eigenvalue weighted by molar-refractivity contribution is 0.460. The van der Waals surface area contributed by atoms with Crippen LogP contribution in [0, 0.1) is 0 Å². The van der Waals surface area contributed by atoms with E-state index in [1.54, 1.807) is 0 Å². The molecule has 0 amide bonds. The van der Waals surface area contributed by atoms with Gasteiger partial charge in [0.15, 0.2) is 17.5 Å². The summed E-state index contributed by atoms with van der Waals surface area (Å²) in [6.07, 6.45) is 0.738. The molecule has 0 radical (unpaired) electrons. The van der Waals surface area contributed by atoms with Crippen molar-refractivity contribution >= 4 is 0 Å². The van der Waals surface area contributed by atoms with Crippen LogP contribution in [0.25, 0.3) is 78.7 Å². The number of aromatic nitrogens is 3. The van der Waals surface area contributed by atoms with E-state index >= 15 is 0 Å². The van der Waals surface area contributed by atoms with Crippen molar-refractivity contribution in [3.63, 3.8) is 0 Å². The average Bonchev–Trinajstić information content (AvgIpc) is 3.83. The first kappa shape index (κ1) is 35.5. The van der Waals surface area contributed by atoms with Gasteiger partial charge in [-0.15, -0.1) is 0 Å². The smallest absolute Gasteiger partial charge is 0.164 e. The van der Waals surface area contributed by atoms with Crippen LogP contribution in [0.5, 0.6) is 11.5 Å². The minimum Gasteiger partial charge on any atom is -0.457 e. The topological polar surface area (TPSA) is 47.9 Å². The van der Waals surface area contributed by atoms with E-state index in [0.29, 0.717) is 17.5 Å². The van der Waals surface area contributed by atoms with E-state index in [-0.39, 0.29) is 5.41 Å². The van der Waals surface area contributed by atoms with Crippen molar-refractivity contribution in [2.45, 2.75) is 11.8 Å². The number of rotatable bonds is 5. The largest absolute Gasteiger partial charge is 0.457 e. The fourth-order valence-corrected chi connectivity index (χ4v) is 10.5. The van der Waals surface area contributed by atoms with Crippen LogP contribution in [0.3, 0.4) is 0 Å². The highest BCUT2D eigenvalue weighted by atomic mass is 16.5. The summed E-state index contributed by atoms with van der Waals surface area (Å²) >= 11 is 0. The van der Waals surface area contributed by atoms with Gasteiger partial charge in [-0.05, 0) is 103 Å². The zero-order chi connectivity index (χ0) is 41.5. The maximum Gasteiger partial charge on any atom is 0.164 e. The van der Waals surface area contributed by atoms with Crippen LogP contribution in [0.1, 0.15) is 33.4 Å². The molecule has 4 nitrogen and oxygen atoms in total. The molecule has 63 heavy (non-hydrogen) atoms. The fraction of sp³-hybridized carbons (Fsp3) is 0.0339. The molecule has 0 saturated carbocycles. The second-order valence-electron chi connectivity index (χ2n) is 16.6. The SMILES string of the molecule is c1ccc(-c2nc(-c3ccccc3)nc(-c3cccc(-c4cccc5c4Cc4cc(-c6ccc7c(c6)C6(c8ccccc8-c8ccccc86)c6ccccc6-7)ccc4O5)c3)n2)cc1. The van der Waals surface area contributed by atoms with E-state index in [0.717, 1.165) is 56.9 Å². The van der Waals surface area contributed by atoms with Gasteiger partial charge in [-0.2, -0.15) is 0 Å². The summed E-state index contributed by atoms with van der Waals surface area (Å²) in [6.45, 7) is 0. The summed E-state index contributed by atoms with van der Waals surface area (Å²) in [5.74, 6) is 3.69. The van der Waals surface area contributed by atoms with Crippen LogP contribution >= 0.6 is 0 Å². The molecule has 0 saturated heterocycles. The molecule has 13 rings (SSSR count). The lowest BCUT2D eigenvalue weighted by atomic mass is 9.70. The molecule has 0 unspecified atom stereocenters. The summed E-state index contributed by atoms with van der Waals surface area (Å²) in [5.41, 5.74) is 19.9. The first-order valence-corrected chi connectivity index (χ1v) is 21.6. The van der Waals surface area contributed by atoms with Gasteiger partial charge in [0.1, 0.15) is 11.5 Å². The van der Waals surface area contributed by atoms with Crippen LogP contribution < -0.4 is 4.74 Å². The molecule has 294 valence electrons. The van der Waals surface area contributed by atoms with Crippen LogP contribution in [0.4, 0.5) is 0 Å². The molecule has 0 N–H and O–H groups in total. The van der Waals surface area contributed by atoms with Crippen molar-refractivity contribution in [2.75, 3.05) is 0 Å². The first-order valence-electron chi connectivity index (χ1n) is 21.6. The lowest BCUT2D eigenvalue weighted by Crippen LogP contribution is -2.25. The second-order valence-corrected chi connectivity index (χ2v) is 16.6. The Morgan fingerprint density at radius 3 is 1.43 bits per heavy atom. The molecule has 2 aliphatic carbocycles. The predicted molar refractivity (Wildman–Crippen MR) is 253 cm³/mol. The molecule has 3 aliphatic rings. The first-order chi connectivity index (χ1) is 31.2. The summed E-state index contributed by atoms with van der Waals surface area (Å²) < 4.78 is 6.71. The number of nitrogens with zero attached hydrogens (tertiary/aromatic N) is 3. The Morgan fingerprint density at radius 2 is 0.794 bits per heavy atom. The molecule has 2 heterocycles. The van der Waals surface area contributed by atoms with Gasteiger partial charge in [-0.3, -0.25) is 0 Å². The van der Waals surface area contributed by atoms with E-state index < -0.39 is 0 Å². The van der Waals surface area contributed by atoms with E-state index in [4.69, 9.17) is 19.7 Å². The Morgan fingerprint density at radius 1 is 0.317 bits per heavy atom. The highest BCUT2D eigenvalue weighted by Gasteiger charge is 2.51. The minimum atomic E-state index is -0.387.